The molecule has 1 atom stereocenters. The first kappa shape index (κ1) is 17.2. The van der Waals surface area contributed by atoms with E-state index in [-0.39, 0.29) is 6.04 Å². The predicted molar refractivity (Wildman–Crippen MR) is 105 cm³/mol. The topological polar surface area (TPSA) is 49.8 Å². The summed E-state index contributed by atoms with van der Waals surface area (Å²) >= 11 is 0. The van der Waals surface area contributed by atoms with Crippen LogP contribution in [0, 0.1) is 0 Å². The van der Waals surface area contributed by atoms with Crippen LogP contribution in [0.2, 0.25) is 0 Å². The fraction of sp³-hybridized carbons (Fsp3) is 0.333. The molecule has 1 heterocycles. The standard InChI is InChI=1S/C21H26N4/c1-4-16-10-8-9-13-18(16)24-20-21(23-17-11-6-5-7-12-17)25-19(14-22-20)15(2)3/h5-12,14-15,18H,4,13H2,1-3H3,(H,22,24)(H,23,25). The van der Waals surface area contributed by atoms with E-state index in [2.05, 4.69) is 54.6 Å². The molecule has 130 valence electrons. The molecule has 2 N–H and O–H groups in total. The number of nitrogens with zero attached hydrogens (tertiary/aromatic N) is 2. The third-order valence-electron chi connectivity index (χ3n) is 4.40. The van der Waals surface area contributed by atoms with Crippen LogP contribution in [-0.4, -0.2) is 16.0 Å². The molecule has 0 saturated heterocycles. The predicted octanol–water partition coefficient (Wildman–Crippen LogP) is 5.42. The Morgan fingerprint density at radius 1 is 1.16 bits per heavy atom. The van der Waals surface area contributed by atoms with E-state index < -0.39 is 0 Å². The lowest BCUT2D eigenvalue weighted by Crippen LogP contribution is -2.24. The molecule has 0 radical (unpaired) electrons. The molecule has 2 aromatic rings. The molecule has 0 amide bonds. The Labute approximate surface area is 150 Å². The van der Waals surface area contributed by atoms with Crippen molar-refractivity contribution >= 4 is 17.3 Å². The van der Waals surface area contributed by atoms with Crippen LogP contribution in [0.15, 0.2) is 60.3 Å². The van der Waals surface area contributed by atoms with Gasteiger partial charge >= 0.3 is 0 Å². The van der Waals surface area contributed by atoms with Gasteiger partial charge in [0.05, 0.1) is 17.9 Å². The summed E-state index contributed by atoms with van der Waals surface area (Å²) in [5.41, 5.74) is 3.39. The number of nitrogens with one attached hydrogen (secondary N) is 2. The van der Waals surface area contributed by atoms with Crippen LogP contribution in [0.1, 0.15) is 45.2 Å². The molecule has 4 nitrogen and oxygen atoms in total. The first-order valence-corrected chi connectivity index (χ1v) is 8.98. The quantitative estimate of drug-likeness (QED) is 0.740. The first-order valence-electron chi connectivity index (χ1n) is 8.98. The second-order valence-electron chi connectivity index (χ2n) is 6.59. The van der Waals surface area contributed by atoms with E-state index in [9.17, 15) is 0 Å². The van der Waals surface area contributed by atoms with Gasteiger partial charge in [0, 0.05) is 5.69 Å². The van der Waals surface area contributed by atoms with Crippen LogP contribution in [0.4, 0.5) is 17.3 Å². The van der Waals surface area contributed by atoms with Gasteiger partial charge in [-0.1, -0.05) is 57.2 Å². The maximum absolute atomic E-state index is 4.81. The van der Waals surface area contributed by atoms with Gasteiger partial charge in [-0.05, 0) is 36.5 Å². The Morgan fingerprint density at radius 2 is 1.96 bits per heavy atom. The number of benzene rings is 1. The SMILES string of the molecule is CCC1=CC=CCC1Nc1ncc(C(C)C)nc1Nc1ccccc1. The van der Waals surface area contributed by atoms with Crippen molar-refractivity contribution in [3.05, 3.63) is 66.0 Å². The van der Waals surface area contributed by atoms with E-state index in [0.717, 1.165) is 35.9 Å². The summed E-state index contributed by atoms with van der Waals surface area (Å²) in [7, 11) is 0. The summed E-state index contributed by atoms with van der Waals surface area (Å²) in [5, 5.41) is 7.00. The van der Waals surface area contributed by atoms with Crippen molar-refractivity contribution in [3.8, 4) is 0 Å². The zero-order valence-corrected chi connectivity index (χ0v) is 15.2. The average molecular weight is 334 g/mol. The van der Waals surface area contributed by atoms with Gasteiger partial charge in [0.15, 0.2) is 11.6 Å². The molecule has 1 unspecified atom stereocenters. The maximum Gasteiger partial charge on any atom is 0.173 e. The van der Waals surface area contributed by atoms with Crippen LogP contribution in [0.5, 0.6) is 0 Å². The van der Waals surface area contributed by atoms with Gasteiger partial charge in [0.2, 0.25) is 0 Å². The van der Waals surface area contributed by atoms with Gasteiger partial charge in [-0.25, -0.2) is 9.97 Å². The lowest BCUT2D eigenvalue weighted by atomic mass is 9.97. The molecule has 1 aliphatic carbocycles. The minimum atomic E-state index is 0.269. The van der Waals surface area contributed by atoms with Crippen molar-refractivity contribution in [1.29, 1.82) is 0 Å². The molecular formula is C21H26N4. The molecule has 0 saturated carbocycles. The van der Waals surface area contributed by atoms with E-state index in [4.69, 9.17) is 4.98 Å². The van der Waals surface area contributed by atoms with Gasteiger partial charge in [0.1, 0.15) is 0 Å². The van der Waals surface area contributed by atoms with Crippen molar-refractivity contribution < 1.29 is 0 Å². The fourth-order valence-electron chi connectivity index (χ4n) is 2.89. The largest absolute Gasteiger partial charge is 0.360 e. The highest BCUT2D eigenvalue weighted by atomic mass is 15.1. The number of allylic oxidation sites excluding steroid dienone is 2. The highest BCUT2D eigenvalue weighted by molar-refractivity contribution is 5.68. The molecule has 3 rings (SSSR count). The molecule has 1 aliphatic rings. The van der Waals surface area contributed by atoms with Gasteiger partial charge in [0.25, 0.3) is 0 Å². The minimum absolute atomic E-state index is 0.269. The molecule has 0 aliphatic heterocycles. The van der Waals surface area contributed by atoms with Gasteiger partial charge in [-0.2, -0.15) is 0 Å². The molecule has 0 bridgehead atoms. The summed E-state index contributed by atoms with van der Waals surface area (Å²) < 4.78 is 0. The Morgan fingerprint density at radius 3 is 2.68 bits per heavy atom. The van der Waals surface area contributed by atoms with Crippen molar-refractivity contribution in [2.45, 2.75) is 45.6 Å². The first-order chi connectivity index (χ1) is 12.2. The number of rotatable bonds is 6. The summed E-state index contributed by atoms with van der Waals surface area (Å²) in [6, 6.07) is 10.4. The Balaban J connectivity index is 1.89. The number of anilines is 3. The van der Waals surface area contributed by atoms with E-state index in [1.54, 1.807) is 0 Å². The maximum atomic E-state index is 4.81. The summed E-state index contributed by atoms with van der Waals surface area (Å²) in [6.45, 7) is 6.46. The third kappa shape index (κ3) is 4.27. The molecule has 1 aromatic carbocycles. The van der Waals surface area contributed by atoms with Crippen molar-refractivity contribution in [3.63, 3.8) is 0 Å². The summed E-state index contributed by atoms with van der Waals surface area (Å²) in [6.07, 6.45) is 10.4. The summed E-state index contributed by atoms with van der Waals surface area (Å²) in [5.74, 6) is 1.91. The third-order valence-corrected chi connectivity index (χ3v) is 4.40. The number of aromatic nitrogens is 2. The van der Waals surface area contributed by atoms with Crippen LogP contribution in [0.3, 0.4) is 0 Å². The second-order valence-corrected chi connectivity index (χ2v) is 6.59. The van der Waals surface area contributed by atoms with Crippen molar-refractivity contribution in [2.75, 3.05) is 10.6 Å². The van der Waals surface area contributed by atoms with Crippen molar-refractivity contribution in [1.82, 2.24) is 9.97 Å². The molecule has 4 heteroatoms. The molecular weight excluding hydrogens is 308 g/mol. The second kappa shape index (κ2) is 7.97. The van der Waals surface area contributed by atoms with Crippen molar-refractivity contribution in [2.24, 2.45) is 0 Å². The number of hydrogen-bond donors (Lipinski definition) is 2. The monoisotopic (exact) mass is 334 g/mol. The molecule has 0 spiro atoms. The lowest BCUT2D eigenvalue weighted by Gasteiger charge is -2.24. The number of hydrogen-bond acceptors (Lipinski definition) is 4. The van der Waals surface area contributed by atoms with Gasteiger partial charge in [-0.3, -0.25) is 0 Å². The van der Waals surface area contributed by atoms with Gasteiger partial charge in [-0.15, -0.1) is 0 Å². The van der Waals surface area contributed by atoms with E-state index >= 15 is 0 Å². The smallest absolute Gasteiger partial charge is 0.173 e. The van der Waals surface area contributed by atoms with Crippen LogP contribution in [0.25, 0.3) is 0 Å². The van der Waals surface area contributed by atoms with E-state index in [0.29, 0.717) is 5.92 Å². The molecule has 25 heavy (non-hydrogen) atoms. The highest BCUT2D eigenvalue weighted by Crippen LogP contribution is 2.27. The van der Waals surface area contributed by atoms with Crippen LogP contribution < -0.4 is 10.6 Å². The lowest BCUT2D eigenvalue weighted by molar-refractivity contribution is 0.775. The fourth-order valence-corrected chi connectivity index (χ4v) is 2.89. The van der Waals surface area contributed by atoms with E-state index in [1.807, 2.05) is 36.5 Å². The highest BCUT2D eigenvalue weighted by Gasteiger charge is 2.17. The number of para-hydroxylation sites is 1. The zero-order chi connectivity index (χ0) is 17.6. The zero-order valence-electron chi connectivity index (χ0n) is 15.2. The Hall–Kier alpha value is -2.62. The van der Waals surface area contributed by atoms with E-state index in [1.165, 1.54) is 5.57 Å². The van der Waals surface area contributed by atoms with Crippen LogP contribution in [-0.2, 0) is 0 Å². The normalized spacial score (nSPS) is 16.6. The minimum Gasteiger partial charge on any atom is -0.360 e. The van der Waals surface area contributed by atoms with Crippen LogP contribution >= 0.6 is 0 Å². The molecule has 0 fully saturated rings. The Kier molecular flexibility index (Phi) is 5.49. The average Bonchev–Trinajstić information content (AvgIpc) is 2.64. The van der Waals surface area contributed by atoms with Gasteiger partial charge < -0.3 is 10.6 Å². The summed E-state index contributed by atoms with van der Waals surface area (Å²) in [4.78, 5) is 9.48. The Bertz CT molecular complexity index is 763. The molecule has 1 aromatic heterocycles.